The fraction of sp³-hybridized carbons (Fsp3) is 0.867. The molecule has 2 unspecified atom stereocenters. The first kappa shape index (κ1) is 53.5. The van der Waals surface area contributed by atoms with Crippen LogP contribution in [0, 0.1) is 0 Å². The Morgan fingerprint density at radius 3 is 1.31 bits per heavy atom. The SMILES string of the molecule is CCCCCCC=CCCCCCCCCCC(=O)OC(COC(=O)CCCCCCCCCCCC=CCCCCCCCC)COP(=O)(O)OCCN. The van der Waals surface area contributed by atoms with Gasteiger partial charge in [-0.15, -0.1) is 0 Å². The Morgan fingerprint density at radius 2 is 0.891 bits per heavy atom. The summed E-state index contributed by atoms with van der Waals surface area (Å²) in [5.41, 5.74) is 5.35. The Hall–Kier alpha value is -1.51. The molecule has 0 amide bonds. The summed E-state index contributed by atoms with van der Waals surface area (Å²) in [5.74, 6) is -0.829. The summed E-state index contributed by atoms with van der Waals surface area (Å²) < 4.78 is 32.8. The number of rotatable bonds is 43. The molecule has 10 heteroatoms. The quantitative estimate of drug-likeness (QED) is 0.0267. The zero-order valence-electron chi connectivity index (χ0n) is 35.7. The first-order valence-corrected chi connectivity index (χ1v) is 24.3. The molecule has 0 fully saturated rings. The fourth-order valence-corrected chi connectivity index (χ4v) is 7.15. The van der Waals surface area contributed by atoms with Gasteiger partial charge >= 0.3 is 19.8 Å². The van der Waals surface area contributed by atoms with Crippen LogP contribution < -0.4 is 5.73 Å². The highest BCUT2D eigenvalue weighted by atomic mass is 31.2. The smallest absolute Gasteiger partial charge is 0.462 e. The Bertz CT molecular complexity index is 959. The van der Waals surface area contributed by atoms with Gasteiger partial charge in [0.2, 0.25) is 0 Å². The van der Waals surface area contributed by atoms with Gasteiger partial charge in [0, 0.05) is 19.4 Å². The second kappa shape index (κ2) is 42.1. The summed E-state index contributed by atoms with van der Waals surface area (Å²) >= 11 is 0. The lowest BCUT2D eigenvalue weighted by atomic mass is 10.1. The van der Waals surface area contributed by atoms with E-state index in [1.165, 1.54) is 141 Å². The maximum atomic E-state index is 12.6. The van der Waals surface area contributed by atoms with Gasteiger partial charge in [0.1, 0.15) is 6.61 Å². The van der Waals surface area contributed by atoms with E-state index in [0.717, 1.165) is 44.9 Å². The van der Waals surface area contributed by atoms with Crippen LogP contribution in [0.3, 0.4) is 0 Å². The molecule has 0 spiro atoms. The van der Waals surface area contributed by atoms with Gasteiger partial charge in [0.15, 0.2) is 6.10 Å². The number of phosphoric ester groups is 1. The van der Waals surface area contributed by atoms with Crippen molar-refractivity contribution in [3.05, 3.63) is 24.3 Å². The molecule has 324 valence electrons. The summed E-state index contributed by atoms with van der Waals surface area (Å²) in [5, 5.41) is 0. The normalized spacial score (nSPS) is 13.5. The molecular weight excluding hydrogens is 713 g/mol. The Labute approximate surface area is 338 Å². The van der Waals surface area contributed by atoms with Crippen LogP contribution >= 0.6 is 7.82 Å². The number of carbonyl (C=O) groups excluding carboxylic acids is 2. The minimum atomic E-state index is -4.38. The molecule has 0 saturated carbocycles. The predicted octanol–water partition coefficient (Wildman–Crippen LogP) is 13.2. The van der Waals surface area contributed by atoms with E-state index in [9.17, 15) is 19.0 Å². The third kappa shape index (κ3) is 41.9. The maximum absolute atomic E-state index is 12.6. The van der Waals surface area contributed by atoms with Crippen molar-refractivity contribution in [2.75, 3.05) is 26.4 Å². The van der Waals surface area contributed by atoms with E-state index in [-0.39, 0.29) is 38.6 Å². The molecule has 0 saturated heterocycles. The standard InChI is InChI=1S/C45H86NO8P/c1-3-5-7-9-11-13-15-17-19-20-21-22-24-25-27-29-31-33-35-37-44(47)51-41-43(42-53-55(49,50)52-40-39-46)54-45(48)38-36-34-32-30-28-26-23-18-16-14-12-10-8-6-4-2/h14,16-17,19,43H,3-13,15,18,20-42,46H2,1-2H3,(H,49,50). The van der Waals surface area contributed by atoms with Crippen molar-refractivity contribution < 1.29 is 37.6 Å². The van der Waals surface area contributed by atoms with E-state index in [1.807, 2.05) is 0 Å². The molecule has 0 rings (SSSR count). The van der Waals surface area contributed by atoms with Gasteiger partial charge in [0.25, 0.3) is 0 Å². The highest BCUT2D eigenvalue weighted by molar-refractivity contribution is 7.47. The molecule has 0 aromatic carbocycles. The van der Waals surface area contributed by atoms with Gasteiger partial charge < -0.3 is 20.1 Å². The number of unbranched alkanes of at least 4 members (excludes halogenated alkanes) is 26. The predicted molar refractivity (Wildman–Crippen MR) is 229 cm³/mol. The van der Waals surface area contributed by atoms with Gasteiger partial charge in [-0.2, -0.15) is 0 Å². The van der Waals surface area contributed by atoms with Crippen LogP contribution in [0.15, 0.2) is 24.3 Å². The third-order valence-electron chi connectivity index (χ3n) is 9.81. The van der Waals surface area contributed by atoms with Gasteiger partial charge in [-0.25, -0.2) is 4.57 Å². The van der Waals surface area contributed by atoms with E-state index in [2.05, 4.69) is 38.2 Å². The van der Waals surface area contributed by atoms with Gasteiger partial charge in [-0.05, 0) is 64.2 Å². The average molecular weight is 800 g/mol. The van der Waals surface area contributed by atoms with Crippen molar-refractivity contribution in [2.45, 2.75) is 225 Å². The van der Waals surface area contributed by atoms with Crippen molar-refractivity contribution in [1.29, 1.82) is 0 Å². The topological polar surface area (TPSA) is 134 Å². The molecule has 55 heavy (non-hydrogen) atoms. The molecule has 0 bridgehead atoms. The molecule has 0 aliphatic heterocycles. The minimum Gasteiger partial charge on any atom is -0.462 e. The highest BCUT2D eigenvalue weighted by Crippen LogP contribution is 2.43. The molecule has 0 aliphatic rings. The van der Waals surface area contributed by atoms with Crippen LogP contribution in [-0.4, -0.2) is 49.3 Å². The van der Waals surface area contributed by atoms with E-state index in [4.69, 9.17) is 24.3 Å². The number of hydrogen-bond donors (Lipinski definition) is 2. The number of ether oxygens (including phenoxy) is 2. The molecule has 9 nitrogen and oxygen atoms in total. The van der Waals surface area contributed by atoms with Gasteiger partial charge in [0.05, 0.1) is 13.2 Å². The second-order valence-corrected chi connectivity index (χ2v) is 16.7. The number of phosphoric acid groups is 1. The zero-order chi connectivity index (χ0) is 40.3. The van der Waals surface area contributed by atoms with E-state index < -0.39 is 26.5 Å². The molecule has 3 N–H and O–H groups in total. The highest BCUT2D eigenvalue weighted by Gasteiger charge is 2.26. The molecule has 0 radical (unpaired) electrons. The number of allylic oxidation sites excluding steroid dienone is 4. The number of hydrogen-bond acceptors (Lipinski definition) is 8. The largest absolute Gasteiger partial charge is 0.472 e. The maximum Gasteiger partial charge on any atom is 0.472 e. The van der Waals surface area contributed by atoms with Gasteiger partial charge in [-0.1, -0.05) is 167 Å². The van der Waals surface area contributed by atoms with Crippen molar-refractivity contribution in [1.82, 2.24) is 0 Å². The van der Waals surface area contributed by atoms with Crippen molar-refractivity contribution in [3.8, 4) is 0 Å². The first-order chi connectivity index (χ1) is 26.8. The van der Waals surface area contributed by atoms with Crippen LogP contribution in [0.5, 0.6) is 0 Å². The van der Waals surface area contributed by atoms with Crippen LogP contribution in [0.4, 0.5) is 0 Å². The summed E-state index contributed by atoms with van der Waals surface area (Å²) in [6.45, 7) is 3.73. The van der Waals surface area contributed by atoms with Crippen molar-refractivity contribution >= 4 is 19.8 Å². The summed E-state index contributed by atoms with van der Waals surface area (Å²) in [7, 11) is -4.38. The second-order valence-electron chi connectivity index (χ2n) is 15.3. The molecule has 0 aromatic heterocycles. The molecule has 0 heterocycles. The monoisotopic (exact) mass is 800 g/mol. The van der Waals surface area contributed by atoms with Crippen LogP contribution in [-0.2, 0) is 32.7 Å². The number of esters is 2. The molecule has 2 atom stereocenters. The summed E-state index contributed by atoms with van der Waals surface area (Å²) in [4.78, 5) is 34.9. The van der Waals surface area contributed by atoms with E-state index >= 15 is 0 Å². The first-order valence-electron chi connectivity index (χ1n) is 22.8. The average Bonchev–Trinajstić information content (AvgIpc) is 3.17. The van der Waals surface area contributed by atoms with Crippen molar-refractivity contribution in [3.63, 3.8) is 0 Å². The lowest BCUT2D eigenvalue weighted by Crippen LogP contribution is -2.29. The van der Waals surface area contributed by atoms with Crippen LogP contribution in [0.25, 0.3) is 0 Å². The Morgan fingerprint density at radius 1 is 0.527 bits per heavy atom. The third-order valence-corrected chi connectivity index (χ3v) is 10.8. The van der Waals surface area contributed by atoms with E-state index in [1.54, 1.807) is 0 Å². The number of carbonyl (C=O) groups is 2. The van der Waals surface area contributed by atoms with Gasteiger partial charge in [-0.3, -0.25) is 18.6 Å². The summed E-state index contributed by atoms with van der Waals surface area (Å²) in [6.07, 6.45) is 44.9. The molecule has 0 aromatic rings. The van der Waals surface area contributed by atoms with Crippen LogP contribution in [0.2, 0.25) is 0 Å². The minimum absolute atomic E-state index is 0.0536. The van der Waals surface area contributed by atoms with Crippen molar-refractivity contribution in [2.24, 2.45) is 5.73 Å². The summed E-state index contributed by atoms with van der Waals surface area (Å²) in [6, 6.07) is 0. The van der Waals surface area contributed by atoms with E-state index in [0.29, 0.717) is 6.42 Å². The van der Waals surface area contributed by atoms with Crippen LogP contribution in [0.1, 0.15) is 219 Å². The zero-order valence-corrected chi connectivity index (χ0v) is 36.6. The molecule has 0 aliphatic carbocycles. The lowest BCUT2D eigenvalue weighted by molar-refractivity contribution is -0.161. The Balaban J connectivity index is 4.10. The lowest BCUT2D eigenvalue weighted by Gasteiger charge is -2.19. The number of nitrogens with two attached hydrogens (primary N) is 1. The molecular formula is C45H86NO8P. The fourth-order valence-electron chi connectivity index (χ4n) is 6.39. The Kier molecular flexibility index (Phi) is 40.9.